The summed E-state index contributed by atoms with van der Waals surface area (Å²) >= 11 is 0. The zero-order chi connectivity index (χ0) is 19.1. The number of pyridine rings is 1. The highest BCUT2D eigenvalue weighted by molar-refractivity contribution is 5.85. The molecular weight excluding hydrogens is 360 g/mol. The van der Waals surface area contributed by atoms with E-state index >= 15 is 0 Å². The van der Waals surface area contributed by atoms with Gasteiger partial charge in [0.15, 0.2) is 5.65 Å². The topological polar surface area (TPSA) is 38.7 Å². The van der Waals surface area contributed by atoms with E-state index in [0.717, 1.165) is 6.07 Å². The Hall–Kier alpha value is -2.71. The van der Waals surface area contributed by atoms with Crippen LogP contribution in [-0.2, 0) is 18.8 Å². The van der Waals surface area contributed by atoms with Gasteiger partial charge >= 0.3 is 12.4 Å². The van der Waals surface area contributed by atoms with Crippen LogP contribution >= 0.6 is 0 Å². The van der Waals surface area contributed by atoms with Crippen LogP contribution in [0.4, 0.5) is 26.3 Å². The van der Waals surface area contributed by atoms with E-state index in [1.807, 2.05) is 0 Å². The number of rotatable bonds is 2. The summed E-state index contributed by atoms with van der Waals surface area (Å²) in [6, 6.07) is 8.68. The quantitative estimate of drug-likeness (QED) is 0.575. The lowest BCUT2D eigenvalue weighted by atomic mass is 10.0. The molecule has 0 aliphatic heterocycles. The van der Waals surface area contributed by atoms with Gasteiger partial charge in [0.2, 0.25) is 5.82 Å². The van der Waals surface area contributed by atoms with Crippen molar-refractivity contribution in [2.75, 3.05) is 0 Å². The molecule has 0 saturated carbocycles. The molecule has 9 heteroatoms. The molecule has 3 rings (SSSR count). The van der Waals surface area contributed by atoms with Gasteiger partial charge in [0, 0.05) is 5.56 Å². The maximum Gasteiger partial charge on any atom is 0.451 e. The van der Waals surface area contributed by atoms with Gasteiger partial charge in [-0.25, -0.2) is 15.0 Å². The zero-order valence-electron chi connectivity index (χ0n) is 13.3. The Morgan fingerprint density at radius 1 is 0.846 bits per heavy atom. The fourth-order valence-corrected chi connectivity index (χ4v) is 2.57. The van der Waals surface area contributed by atoms with E-state index in [4.69, 9.17) is 0 Å². The van der Waals surface area contributed by atoms with E-state index < -0.39 is 34.8 Å². The second-order valence-electron chi connectivity index (χ2n) is 5.46. The summed E-state index contributed by atoms with van der Waals surface area (Å²) in [6.45, 7) is 1.42. The molecule has 0 spiro atoms. The van der Waals surface area contributed by atoms with E-state index in [-0.39, 0.29) is 17.8 Å². The summed E-state index contributed by atoms with van der Waals surface area (Å²) in [5.74, 6) is -1.51. The average Bonchev–Trinajstić information content (AvgIpc) is 2.58. The van der Waals surface area contributed by atoms with Crippen molar-refractivity contribution in [1.82, 2.24) is 15.0 Å². The molecule has 0 unspecified atom stereocenters. The monoisotopic (exact) mass is 371 g/mol. The second kappa shape index (κ2) is 6.22. The molecule has 0 radical (unpaired) electrons. The highest BCUT2D eigenvalue weighted by atomic mass is 19.4. The van der Waals surface area contributed by atoms with Gasteiger partial charge in [0.05, 0.1) is 22.3 Å². The smallest absolute Gasteiger partial charge is 0.229 e. The highest BCUT2D eigenvalue weighted by Gasteiger charge is 2.39. The third-order valence-electron chi connectivity index (χ3n) is 3.70. The van der Waals surface area contributed by atoms with Crippen molar-refractivity contribution < 1.29 is 26.3 Å². The minimum atomic E-state index is -4.89. The molecule has 3 aromatic rings. The molecular formula is C17H11F6N3. The van der Waals surface area contributed by atoms with E-state index in [2.05, 4.69) is 15.0 Å². The molecule has 0 atom stereocenters. The third-order valence-corrected chi connectivity index (χ3v) is 3.70. The van der Waals surface area contributed by atoms with Crippen molar-refractivity contribution in [2.24, 2.45) is 0 Å². The Bertz CT molecular complexity index is 949. The third kappa shape index (κ3) is 3.33. The number of hydrogen-bond acceptors (Lipinski definition) is 3. The Balaban J connectivity index is 2.41. The first-order valence-electron chi connectivity index (χ1n) is 7.52. The van der Waals surface area contributed by atoms with Crippen LogP contribution < -0.4 is 0 Å². The number of hydrogen-bond donors (Lipinski definition) is 0. The number of halogens is 6. The fraction of sp³-hybridized carbons (Fsp3) is 0.235. The van der Waals surface area contributed by atoms with Gasteiger partial charge in [0.25, 0.3) is 0 Å². The molecule has 2 aromatic heterocycles. The van der Waals surface area contributed by atoms with Gasteiger partial charge in [-0.1, -0.05) is 37.3 Å². The molecule has 3 nitrogen and oxygen atoms in total. The number of nitrogens with zero attached hydrogens (tertiary/aromatic N) is 3. The first-order valence-corrected chi connectivity index (χ1v) is 7.52. The second-order valence-corrected chi connectivity index (χ2v) is 5.46. The molecule has 0 saturated heterocycles. The average molecular weight is 371 g/mol. The summed E-state index contributed by atoms with van der Waals surface area (Å²) < 4.78 is 79.7. The Labute approximate surface area is 143 Å². The standard InChI is InChI=1S/C17H11F6N3/c1-2-11-13-10(16(18,19)20)8-12(9-6-4-3-5-7-9)24-14(13)26-15(25-11)17(21,22)23/h3-8H,2H2,1H3. The summed E-state index contributed by atoms with van der Waals surface area (Å²) in [5.41, 5.74) is -1.85. The predicted octanol–water partition coefficient (Wildman–Crippen LogP) is 5.29. The minimum Gasteiger partial charge on any atom is -0.229 e. The molecule has 0 aliphatic carbocycles. The van der Waals surface area contributed by atoms with Gasteiger partial charge in [-0.3, -0.25) is 0 Å². The summed E-state index contributed by atoms with van der Waals surface area (Å²) in [4.78, 5) is 10.5. The van der Waals surface area contributed by atoms with E-state index in [1.54, 1.807) is 18.2 Å². The molecule has 0 fully saturated rings. The molecule has 0 bridgehead atoms. The summed E-state index contributed by atoms with van der Waals surface area (Å²) in [5, 5.41) is -0.507. The van der Waals surface area contributed by atoms with Crippen LogP contribution in [0.15, 0.2) is 36.4 Å². The summed E-state index contributed by atoms with van der Waals surface area (Å²) in [6.07, 6.45) is -9.81. The number of aromatic nitrogens is 3. The normalized spacial score (nSPS) is 12.6. The SMILES string of the molecule is CCc1nc(C(F)(F)F)nc2nc(-c3ccccc3)cc(C(F)(F)F)c12. The van der Waals surface area contributed by atoms with Crippen LogP contribution in [0.25, 0.3) is 22.3 Å². The van der Waals surface area contributed by atoms with Crippen LogP contribution in [0.3, 0.4) is 0 Å². The molecule has 26 heavy (non-hydrogen) atoms. The van der Waals surface area contributed by atoms with Crippen LogP contribution in [0.1, 0.15) is 24.0 Å². The lowest BCUT2D eigenvalue weighted by Crippen LogP contribution is -2.16. The lowest BCUT2D eigenvalue weighted by Gasteiger charge is -2.16. The van der Waals surface area contributed by atoms with Crippen molar-refractivity contribution >= 4 is 11.0 Å². The summed E-state index contributed by atoms with van der Waals surface area (Å²) in [7, 11) is 0. The van der Waals surface area contributed by atoms with E-state index in [0.29, 0.717) is 5.56 Å². The van der Waals surface area contributed by atoms with E-state index in [1.165, 1.54) is 19.1 Å². The molecule has 1 aromatic carbocycles. The lowest BCUT2D eigenvalue weighted by molar-refractivity contribution is -0.144. The van der Waals surface area contributed by atoms with Crippen LogP contribution in [-0.4, -0.2) is 15.0 Å². The molecule has 0 N–H and O–H groups in total. The van der Waals surface area contributed by atoms with Crippen molar-refractivity contribution in [1.29, 1.82) is 0 Å². The number of aryl methyl sites for hydroxylation is 1. The van der Waals surface area contributed by atoms with Gasteiger partial charge in [0.1, 0.15) is 0 Å². The molecule has 136 valence electrons. The Kier molecular flexibility index (Phi) is 4.33. The molecule has 2 heterocycles. The largest absolute Gasteiger partial charge is 0.451 e. The van der Waals surface area contributed by atoms with Gasteiger partial charge in [-0.05, 0) is 12.5 Å². The number of alkyl halides is 6. The van der Waals surface area contributed by atoms with E-state index in [9.17, 15) is 26.3 Å². The van der Waals surface area contributed by atoms with Crippen LogP contribution in [0, 0.1) is 0 Å². The van der Waals surface area contributed by atoms with Crippen LogP contribution in [0.5, 0.6) is 0 Å². The minimum absolute atomic E-state index is 0.112. The van der Waals surface area contributed by atoms with Gasteiger partial charge < -0.3 is 0 Å². The number of benzene rings is 1. The predicted molar refractivity (Wildman–Crippen MR) is 82.2 cm³/mol. The Morgan fingerprint density at radius 2 is 1.50 bits per heavy atom. The van der Waals surface area contributed by atoms with Crippen molar-refractivity contribution in [2.45, 2.75) is 25.7 Å². The van der Waals surface area contributed by atoms with Crippen molar-refractivity contribution in [3.63, 3.8) is 0 Å². The first-order chi connectivity index (χ1) is 12.1. The maximum absolute atomic E-state index is 13.6. The Morgan fingerprint density at radius 3 is 2.04 bits per heavy atom. The molecule has 0 aliphatic rings. The maximum atomic E-state index is 13.6. The van der Waals surface area contributed by atoms with Crippen LogP contribution in [0.2, 0.25) is 0 Å². The highest BCUT2D eigenvalue weighted by Crippen LogP contribution is 2.38. The van der Waals surface area contributed by atoms with Crippen molar-refractivity contribution in [3.05, 3.63) is 53.5 Å². The first kappa shape index (κ1) is 18.1. The number of fused-ring (bicyclic) bond motifs is 1. The van der Waals surface area contributed by atoms with Crippen molar-refractivity contribution in [3.8, 4) is 11.3 Å². The molecule has 0 amide bonds. The zero-order valence-corrected chi connectivity index (χ0v) is 13.3. The fourth-order valence-electron chi connectivity index (χ4n) is 2.57. The van der Waals surface area contributed by atoms with Gasteiger partial charge in [-0.2, -0.15) is 26.3 Å². The van der Waals surface area contributed by atoms with Gasteiger partial charge in [-0.15, -0.1) is 0 Å².